The van der Waals surface area contributed by atoms with Crippen molar-refractivity contribution in [3.05, 3.63) is 71.8 Å². The van der Waals surface area contributed by atoms with Crippen LogP contribution in [0.25, 0.3) is 0 Å². The number of ether oxygens (including phenoxy) is 3. The van der Waals surface area contributed by atoms with E-state index in [0.717, 1.165) is 11.1 Å². The van der Waals surface area contributed by atoms with Gasteiger partial charge in [0.2, 0.25) is 0 Å². The number of aliphatic hydroxyl groups is 2. The summed E-state index contributed by atoms with van der Waals surface area (Å²) in [4.78, 5) is 0. The third-order valence-electron chi connectivity index (χ3n) is 4.04. The lowest BCUT2D eigenvalue weighted by molar-refractivity contribution is -0.151. The van der Waals surface area contributed by atoms with Crippen LogP contribution in [0.15, 0.2) is 60.7 Å². The quantitative estimate of drug-likeness (QED) is 0.811. The van der Waals surface area contributed by atoms with Crippen molar-refractivity contribution in [1.29, 1.82) is 0 Å². The van der Waals surface area contributed by atoms with Crippen molar-refractivity contribution in [3.63, 3.8) is 0 Å². The van der Waals surface area contributed by atoms with Crippen LogP contribution in [0, 0.1) is 0 Å². The molecule has 0 aromatic heterocycles. The molecule has 1 saturated heterocycles. The lowest BCUT2D eigenvalue weighted by atomic mass is 10.1. The number of hydrogen-bond acceptors (Lipinski definition) is 5. The van der Waals surface area contributed by atoms with Gasteiger partial charge in [-0.15, -0.1) is 0 Å². The van der Waals surface area contributed by atoms with Gasteiger partial charge < -0.3 is 24.4 Å². The zero-order valence-corrected chi connectivity index (χ0v) is 13.3. The Balaban J connectivity index is 1.63. The Morgan fingerprint density at radius 1 is 0.792 bits per heavy atom. The predicted molar refractivity (Wildman–Crippen MR) is 88.0 cm³/mol. The van der Waals surface area contributed by atoms with Crippen LogP contribution in [0.5, 0.6) is 0 Å². The average Bonchev–Trinajstić information content (AvgIpc) is 2.94. The molecule has 0 spiro atoms. The molecule has 5 nitrogen and oxygen atoms in total. The van der Waals surface area contributed by atoms with E-state index in [1.165, 1.54) is 0 Å². The highest BCUT2D eigenvalue weighted by atomic mass is 16.7. The van der Waals surface area contributed by atoms with Gasteiger partial charge in [0.05, 0.1) is 19.8 Å². The van der Waals surface area contributed by atoms with Crippen LogP contribution >= 0.6 is 0 Å². The predicted octanol–water partition coefficient (Wildman–Crippen LogP) is 1.87. The molecule has 128 valence electrons. The normalized spacial score (nSPS) is 26.6. The Labute approximate surface area is 141 Å². The van der Waals surface area contributed by atoms with Crippen LogP contribution in [-0.2, 0) is 27.4 Å². The van der Waals surface area contributed by atoms with Crippen LogP contribution in [-0.4, -0.2) is 41.4 Å². The van der Waals surface area contributed by atoms with E-state index in [1.54, 1.807) is 0 Å². The summed E-state index contributed by atoms with van der Waals surface area (Å²) in [6.07, 6.45) is -2.91. The molecule has 0 amide bonds. The van der Waals surface area contributed by atoms with Crippen LogP contribution in [0.2, 0.25) is 0 Å². The zero-order chi connectivity index (χ0) is 16.8. The molecule has 2 aromatic carbocycles. The van der Waals surface area contributed by atoms with Crippen LogP contribution in [0.1, 0.15) is 11.1 Å². The monoisotopic (exact) mass is 330 g/mol. The van der Waals surface area contributed by atoms with E-state index >= 15 is 0 Å². The van der Waals surface area contributed by atoms with Crippen molar-refractivity contribution >= 4 is 0 Å². The molecular formula is C19H22O5. The van der Waals surface area contributed by atoms with Gasteiger partial charge >= 0.3 is 0 Å². The Morgan fingerprint density at radius 2 is 1.29 bits per heavy atom. The minimum absolute atomic E-state index is 0.234. The van der Waals surface area contributed by atoms with Crippen LogP contribution in [0.4, 0.5) is 0 Å². The van der Waals surface area contributed by atoms with E-state index in [2.05, 4.69) is 0 Å². The molecule has 1 aliphatic heterocycles. The summed E-state index contributed by atoms with van der Waals surface area (Å²) >= 11 is 0. The van der Waals surface area contributed by atoms with Gasteiger partial charge in [-0.05, 0) is 11.1 Å². The number of rotatable bonds is 7. The van der Waals surface area contributed by atoms with E-state index in [1.807, 2.05) is 60.7 Å². The molecule has 4 atom stereocenters. The maximum atomic E-state index is 10.1. The number of benzene rings is 2. The molecule has 0 bridgehead atoms. The van der Waals surface area contributed by atoms with Gasteiger partial charge in [-0.25, -0.2) is 0 Å². The van der Waals surface area contributed by atoms with E-state index in [-0.39, 0.29) is 6.61 Å². The summed E-state index contributed by atoms with van der Waals surface area (Å²) in [6.45, 7) is 0.472. The second-order valence-electron chi connectivity index (χ2n) is 5.77. The first kappa shape index (κ1) is 17.1. The van der Waals surface area contributed by atoms with Crippen molar-refractivity contribution in [2.45, 2.75) is 37.8 Å². The molecule has 1 heterocycles. The van der Waals surface area contributed by atoms with Crippen molar-refractivity contribution in [3.8, 4) is 0 Å². The van der Waals surface area contributed by atoms with E-state index < -0.39 is 24.6 Å². The summed E-state index contributed by atoms with van der Waals surface area (Å²) in [5, 5.41) is 19.6. The highest BCUT2D eigenvalue weighted by Crippen LogP contribution is 2.27. The average molecular weight is 330 g/mol. The van der Waals surface area contributed by atoms with E-state index in [0.29, 0.717) is 13.2 Å². The fraction of sp³-hybridized carbons (Fsp3) is 0.368. The highest BCUT2D eigenvalue weighted by molar-refractivity contribution is 5.14. The molecule has 0 aliphatic carbocycles. The number of hydrogen-bond donors (Lipinski definition) is 2. The summed E-state index contributed by atoms with van der Waals surface area (Å²) in [5.41, 5.74) is 2.01. The van der Waals surface area contributed by atoms with Crippen molar-refractivity contribution in [2.24, 2.45) is 0 Å². The summed E-state index contributed by atoms with van der Waals surface area (Å²) in [6, 6.07) is 19.4. The van der Waals surface area contributed by atoms with Crippen molar-refractivity contribution in [1.82, 2.24) is 0 Å². The minimum Gasteiger partial charge on any atom is -0.394 e. The standard InChI is InChI=1S/C19H22O5/c20-11-16-17(22-12-14-7-3-1-4-8-14)18(19(21)24-16)23-13-15-9-5-2-6-10-15/h1-10,16-21H,11-13H2/t16-,17+,18-,19-/m1/s1. The third kappa shape index (κ3) is 4.20. The number of aliphatic hydroxyl groups excluding tert-OH is 2. The first-order chi connectivity index (χ1) is 11.8. The zero-order valence-electron chi connectivity index (χ0n) is 13.3. The molecule has 0 unspecified atom stereocenters. The third-order valence-corrected chi connectivity index (χ3v) is 4.04. The molecule has 5 heteroatoms. The summed E-state index contributed by atoms with van der Waals surface area (Å²) < 4.78 is 17.1. The summed E-state index contributed by atoms with van der Waals surface area (Å²) in [5.74, 6) is 0. The topological polar surface area (TPSA) is 68.2 Å². The smallest absolute Gasteiger partial charge is 0.184 e. The second-order valence-corrected chi connectivity index (χ2v) is 5.77. The fourth-order valence-corrected chi connectivity index (χ4v) is 2.77. The molecule has 1 fully saturated rings. The molecule has 1 aliphatic rings. The van der Waals surface area contributed by atoms with Crippen LogP contribution < -0.4 is 0 Å². The molecule has 0 saturated carbocycles. The minimum atomic E-state index is -1.12. The van der Waals surface area contributed by atoms with Crippen molar-refractivity contribution < 1.29 is 24.4 Å². The molecule has 2 N–H and O–H groups in total. The van der Waals surface area contributed by atoms with Gasteiger partial charge in [0, 0.05) is 0 Å². The first-order valence-corrected chi connectivity index (χ1v) is 8.03. The van der Waals surface area contributed by atoms with Gasteiger partial charge in [0.25, 0.3) is 0 Å². The van der Waals surface area contributed by atoms with Gasteiger partial charge in [0.1, 0.15) is 18.3 Å². The molecule has 2 aromatic rings. The maximum absolute atomic E-state index is 10.1. The van der Waals surface area contributed by atoms with Gasteiger partial charge in [0.15, 0.2) is 6.29 Å². The Bertz CT molecular complexity index is 604. The largest absolute Gasteiger partial charge is 0.394 e. The molecule has 0 radical (unpaired) electrons. The van der Waals surface area contributed by atoms with Gasteiger partial charge in [-0.3, -0.25) is 0 Å². The van der Waals surface area contributed by atoms with Gasteiger partial charge in [-0.1, -0.05) is 60.7 Å². The lowest BCUT2D eigenvalue weighted by Crippen LogP contribution is -2.38. The maximum Gasteiger partial charge on any atom is 0.184 e. The van der Waals surface area contributed by atoms with Gasteiger partial charge in [-0.2, -0.15) is 0 Å². The molecule has 3 rings (SSSR count). The highest BCUT2D eigenvalue weighted by Gasteiger charge is 2.45. The first-order valence-electron chi connectivity index (χ1n) is 8.03. The fourth-order valence-electron chi connectivity index (χ4n) is 2.77. The second kappa shape index (κ2) is 8.37. The molecule has 24 heavy (non-hydrogen) atoms. The Kier molecular flexibility index (Phi) is 5.96. The Morgan fingerprint density at radius 3 is 1.79 bits per heavy atom. The Hall–Kier alpha value is -1.76. The van der Waals surface area contributed by atoms with Crippen molar-refractivity contribution in [2.75, 3.05) is 6.61 Å². The van der Waals surface area contributed by atoms with E-state index in [4.69, 9.17) is 14.2 Å². The molecular weight excluding hydrogens is 308 g/mol. The SMILES string of the molecule is OC[C@H]1O[C@@H](O)[C@H](OCc2ccccc2)[C@H]1OCc1ccccc1. The summed E-state index contributed by atoms with van der Waals surface area (Å²) in [7, 11) is 0. The van der Waals surface area contributed by atoms with E-state index in [9.17, 15) is 10.2 Å². The van der Waals surface area contributed by atoms with Crippen LogP contribution in [0.3, 0.4) is 0 Å². The lowest BCUT2D eigenvalue weighted by Gasteiger charge is -2.23.